The van der Waals surface area contributed by atoms with Gasteiger partial charge in [-0.1, -0.05) is 39.0 Å². The van der Waals surface area contributed by atoms with Crippen LogP contribution in [0, 0.1) is 30.1 Å². The minimum atomic E-state index is 0.0974. The summed E-state index contributed by atoms with van der Waals surface area (Å²) < 4.78 is 0. The quantitative estimate of drug-likeness (QED) is 0.828. The first-order chi connectivity index (χ1) is 10.9. The largest absolute Gasteiger partial charge is 0.507 e. The zero-order chi connectivity index (χ0) is 16.6. The Kier molecular flexibility index (Phi) is 3.07. The molecule has 1 aromatic carbocycles. The van der Waals surface area contributed by atoms with Crippen LogP contribution in [-0.4, -0.2) is 17.7 Å². The third-order valence-electron chi connectivity index (χ3n) is 7.48. The summed E-state index contributed by atoms with van der Waals surface area (Å²) in [4.78, 5) is 0. The molecule has 124 valence electrons. The minimum Gasteiger partial charge on any atom is -0.507 e. The van der Waals surface area contributed by atoms with Crippen LogP contribution < -0.4 is 5.32 Å². The molecule has 2 N–H and O–H groups in total. The monoisotopic (exact) mass is 311 g/mol. The van der Waals surface area contributed by atoms with Gasteiger partial charge in [-0.25, -0.2) is 0 Å². The molecule has 1 aliphatic heterocycles. The van der Waals surface area contributed by atoms with E-state index in [1.807, 2.05) is 6.92 Å². The molecule has 1 saturated heterocycles. The first kappa shape index (κ1) is 15.3. The van der Waals surface area contributed by atoms with Gasteiger partial charge in [-0.05, 0) is 48.6 Å². The molecule has 0 aromatic heterocycles. The van der Waals surface area contributed by atoms with Crippen LogP contribution in [0.3, 0.4) is 0 Å². The van der Waals surface area contributed by atoms with Crippen LogP contribution in [0.1, 0.15) is 43.9 Å². The zero-order valence-electron chi connectivity index (χ0n) is 14.8. The number of phenols is 1. The average Bonchev–Trinajstić information content (AvgIpc) is 2.83. The van der Waals surface area contributed by atoms with Crippen LogP contribution >= 0.6 is 0 Å². The summed E-state index contributed by atoms with van der Waals surface area (Å²) in [7, 11) is 0. The number of phenolic OH excluding ortho intramolecular Hbond substituents is 1. The van der Waals surface area contributed by atoms with Crippen LogP contribution in [0.15, 0.2) is 24.8 Å². The first-order valence-electron chi connectivity index (χ1n) is 9.06. The Morgan fingerprint density at radius 1 is 1.35 bits per heavy atom. The molecular weight excluding hydrogens is 282 g/mol. The van der Waals surface area contributed by atoms with E-state index in [1.165, 1.54) is 11.1 Å². The van der Waals surface area contributed by atoms with Crippen molar-refractivity contribution in [1.29, 1.82) is 0 Å². The highest BCUT2D eigenvalue weighted by atomic mass is 16.3. The first-order valence-corrected chi connectivity index (χ1v) is 9.06. The Labute approximate surface area is 140 Å². The maximum atomic E-state index is 11.0. The van der Waals surface area contributed by atoms with E-state index < -0.39 is 0 Å². The number of hydrogen-bond acceptors (Lipinski definition) is 2. The fourth-order valence-electron chi connectivity index (χ4n) is 6.15. The van der Waals surface area contributed by atoms with E-state index in [9.17, 15) is 5.11 Å². The average molecular weight is 311 g/mol. The van der Waals surface area contributed by atoms with Gasteiger partial charge in [0.05, 0.1) is 0 Å². The molecule has 0 bridgehead atoms. The summed E-state index contributed by atoms with van der Waals surface area (Å²) in [6.07, 6.45) is 4.37. The number of rotatable bonds is 3. The lowest BCUT2D eigenvalue weighted by atomic mass is 9.36. The van der Waals surface area contributed by atoms with E-state index in [2.05, 4.69) is 50.9 Å². The van der Waals surface area contributed by atoms with Gasteiger partial charge in [0.1, 0.15) is 5.75 Å². The molecule has 4 rings (SSSR count). The van der Waals surface area contributed by atoms with Gasteiger partial charge < -0.3 is 10.4 Å². The topological polar surface area (TPSA) is 32.3 Å². The molecule has 0 spiro atoms. The Morgan fingerprint density at radius 3 is 2.74 bits per heavy atom. The van der Waals surface area contributed by atoms with Crippen molar-refractivity contribution in [3.63, 3.8) is 0 Å². The van der Waals surface area contributed by atoms with Crippen molar-refractivity contribution in [2.24, 2.45) is 23.2 Å². The van der Waals surface area contributed by atoms with Crippen molar-refractivity contribution >= 4 is 0 Å². The molecule has 2 heteroatoms. The Morgan fingerprint density at radius 2 is 2.09 bits per heavy atom. The van der Waals surface area contributed by atoms with E-state index >= 15 is 0 Å². The smallest absolute Gasteiger partial charge is 0.122 e. The fourth-order valence-corrected chi connectivity index (χ4v) is 6.15. The van der Waals surface area contributed by atoms with Gasteiger partial charge in [0, 0.05) is 29.0 Å². The second-order valence-corrected chi connectivity index (χ2v) is 8.62. The van der Waals surface area contributed by atoms with Crippen molar-refractivity contribution in [2.45, 2.75) is 52.0 Å². The lowest BCUT2D eigenvalue weighted by Gasteiger charge is -2.66. The summed E-state index contributed by atoms with van der Waals surface area (Å²) in [5.41, 5.74) is 3.96. The van der Waals surface area contributed by atoms with Crippen molar-refractivity contribution in [2.75, 3.05) is 6.54 Å². The van der Waals surface area contributed by atoms with Crippen LogP contribution in [-0.2, 0) is 11.8 Å². The third kappa shape index (κ3) is 1.63. The molecule has 1 heterocycles. The van der Waals surface area contributed by atoms with Crippen LogP contribution in [0.4, 0.5) is 0 Å². The second-order valence-electron chi connectivity index (χ2n) is 8.62. The summed E-state index contributed by atoms with van der Waals surface area (Å²) in [6.45, 7) is 14.3. The maximum Gasteiger partial charge on any atom is 0.122 e. The molecule has 0 amide bonds. The van der Waals surface area contributed by atoms with Crippen LogP contribution in [0.25, 0.3) is 0 Å². The van der Waals surface area contributed by atoms with Crippen LogP contribution in [0.2, 0.25) is 0 Å². The zero-order valence-corrected chi connectivity index (χ0v) is 14.8. The van der Waals surface area contributed by atoms with Crippen molar-refractivity contribution in [3.8, 4) is 5.75 Å². The van der Waals surface area contributed by atoms with Gasteiger partial charge in [-0.15, -0.1) is 6.58 Å². The van der Waals surface area contributed by atoms with Crippen LogP contribution in [0.5, 0.6) is 5.75 Å². The van der Waals surface area contributed by atoms with Gasteiger partial charge in [-0.2, -0.15) is 0 Å². The summed E-state index contributed by atoms with van der Waals surface area (Å²) in [5.74, 6) is 2.28. The molecule has 0 radical (unpaired) electrons. The molecule has 1 aromatic rings. The maximum absolute atomic E-state index is 11.0. The van der Waals surface area contributed by atoms with Gasteiger partial charge in [0.15, 0.2) is 0 Å². The molecule has 5 atom stereocenters. The van der Waals surface area contributed by atoms with Gasteiger partial charge in [0.2, 0.25) is 0 Å². The van der Waals surface area contributed by atoms with Crippen molar-refractivity contribution in [1.82, 2.24) is 5.32 Å². The van der Waals surface area contributed by atoms with Gasteiger partial charge in [-0.3, -0.25) is 0 Å². The number of fused-ring (bicyclic) bond motifs is 2. The van der Waals surface area contributed by atoms with Crippen molar-refractivity contribution in [3.05, 3.63) is 41.5 Å². The van der Waals surface area contributed by atoms with E-state index in [-0.39, 0.29) is 10.8 Å². The number of nitrogens with one attached hydrogen (secondary N) is 1. The fraction of sp³-hybridized carbons (Fsp3) is 0.619. The molecule has 2 nitrogen and oxygen atoms in total. The van der Waals surface area contributed by atoms with E-state index in [0.29, 0.717) is 29.5 Å². The predicted octanol–water partition coefficient (Wildman–Crippen LogP) is 3.95. The third-order valence-corrected chi connectivity index (χ3v) is 7.48. The molecule has 2 fully saturated rings. The van der Waals surface area contributed by atoms with E-state index in [0.717, 1.165) is 24.9 Å². The van der Waals surface area contributed by atoms with E-state index in [1.54, 1.807) is 0 Å². The predicted molar refractivity (Wildman–Crippen MR) is 94.8 cm³/mol. The number of aryl methyl sites for hydroxylation is 1. The highest BCUT2D eigenvalue weighted by Crippen LogP contribution is 2.71. The van der Waals surface area contributed by atoms with Gasteiger partial charge >= 0.3 is 0 Å². The minimum absolute atomic E-state index is 0.0974. The molecule has 1 saturated carbocycles. The standard InChI is InChI=1S/C21H29NO/c1-6-20-10-21(14(5)12(2)3)17-15(8-7-13(4)18(17)23)9-16(19(20)21)22-11-20/h6-8,12,14,16,19,22-23H,1,9-11H2,2-5H3. The lowest BCUT2D eigenvalue weighted by molar-refractivity contribution is -0.0676. The highest BCUT2D eigenvalue weighted by Gasteiger charge is 2.71. The number of benzene rings is 1. The number of aromatic hydroxyl groups is 1. The summed E-state index contributed by atoms with van der Waals surface area (Å²) in [5, 5.41) is 14.7. The van der Waals surface area contributed by atoms with E-state index in [4.69, 9.17) is 0 Å². The Hall–Kier alpha value is -1.28. The number of hydrogen-bond donors (Lipinski definition) is 2. The second kappa shape index (κ2) is 4.63. The molecular formula is C21H29NO. The highest BCUT2D eigenvalue weighted by molar-refractivity contribution is 5.56. The van der Waals surface area contributed by atoms with Crippen molar-refractivity contribution < 1.29 is 5.11 Å². The summed E-state index contributed by atoms with van der Waals surface area (Å²) >= 11 is 0. The SMILES string of the molecule is C=CC12CNC3Cc4ccc(C)c(O)c4C(C(C)C(C)C)(C1)C32. The molecule has 5 unspecified atom stereocenters. The normalized spacial score (nSPS) is 38.7. The molecule has 2 aliphatic carbocycles. The lowest BCUT2D eigenvalue weighted by Crippen LogP contribution is -2.65. The summed E-state index contributed by atoms with van der Waals surface area (Å²) in [6, 6.07) is 4.86. The molecule has 3 aliphatic rings. The molecule has 23 heavy (non-hydrogen) atoms. The Bertz CT molecular complexity index is 679. The van der Waals surface area contributed by atoms with Gasteiger partial charge in [0.25, 0.3) is 0 Å². The Balaban J connectivity index is 1.97.